The largest absolute Gasteiger partial charge is 0.478 e. The lowest BCUT2D eigenvalue weighted by Gasteiger charge is -2.11. The molecule has 0 saturated carbocycles. The fourth-order valence-corrected chi connectivity index (χ4v) is 2.13. The molecule has 0 radical (unpaired) electrons. The molecule has 0 heterocycles. The summed E-state index contributed by atoms with van der Waals surface area (Å²) in [5.41, 5.74) is 7.43. The zero-order chi connectivity index (χ0) is 14.0. The summed E-state index contributed by atoms with van der Waals surface area (Å²) in [5, 5.41) is 12.6. The highest BCUT2D eigenvalue weighted by Gasteiger charge is 2.09. The molecule has 0 aliphatic carbocycles. The molecule has 0 aliphatic heterocycles. The van der Waals surface area contributed by atoms with E-state index in [1.54, 1.807) is 18.2 Å². The standard InChI is InChI=1S/C13H10BrClN2O2/c14-12-9(15)2-1-3-11(12)17-7-4-5-8(13(18)19)10(16)6-7/h1-6,17H,16H2,(H,18,19). The second-order valence-corrected chi connectivity index (χ2v) is 5.03. The summed E-state index contributed by atoms with van der Waals surface area (Å²) in [6.45, 7) is 0. The maximum absolute atomic E-state index is 10.9. The highest BCUT2D eigenvalue weighted by atomic mass is 79.9. The van der Waals surface area contributed by atoms with Crippen LogP contribution in [0.4, 0.5) is 17.1 Å². The molecule has 6 heteroatoms. The van der Waals surface area contributed by atoms with E-state index in [0.717, 1.165) is 10.2 Å². The van der Waals surface area contributed by atoms with Crippen LogP contribution in [0.2, 0.25) is 5.02 Å². The predicted molar refractivity (Wildman–Crippen MR) is 80.2 cm³/mol. The van der Waals surface area contributed by atoms with Gasteiger partial charge >= 0.3 is 5.97 Å². The molecule has 2 aromatic carbocycles. The topological polar surface area (TPSA) is 75.3 Å². The van der Waals surface area contributed by atoms with E-state index in [2.05, 4.69) is 21.2 Å². The van der Waals surface area contributed by atoms with Crippen LogP contribution < -0.4 is 11.1 Å². The molecule has 0 fully saturated rings. The van der Waals surface area contributed by atoms with Crippen molar-refractivity contribution in [1.29, 1.82) is 0 Å². The molecule has 0 unspecified atom stereocenters. The summed E-state index contributed by atoms with van der Waals surface area (Å²) in [7, 11) is 0. The van der Waals surface area contributed by atoms with E-state index in [9.17, 15) is 4.79 Å². The average Bonchev–Trinajstić information content (AvgIpc) is 2.34. The molecule has 0 aliphatic rings. The van der Waals surface area contributed by atoms with Crippen LogP contribution >= 0.6 is 27.5 Å². The number of carboxylic acids is 1. The number of benzene rings is 2. The second kappa shape index (κ2) is 5.50. The van der Waals surface area contributed by atoms with Crippen molar-refractivity contribution in [3.63, 3.8) is 0 Å². The van der Waals surface area contributed by atoms with Gasteiger partial charge in [0.05, 0.1) is 20.7 Å². The van der Waals surface area contributed by atoms with E-state index in [1.807, 2.05) is 12.1 Å². The minimum atomic E-state index is -1.05. The Morgan fingerprint density at radius 1 is 1.32 bits per heavy atom. The maximum Gasteiger partial charge on any atom is 0.337 e. The van der Waals surface area contributed by atoms with Crippen LogP contribution in [0.5, 0.6) is 0 Å². The third kappa shape index (κ3) is 3.00. The maximum atomic E-state index is 10.9. The van der Waals surface area contributed by atoms with Crippen LogP contribution in [0, 0.1) is 0 Å². The molecule has 0 spiro atoms. The van der Waals surface area contributed by atoms with Crippen LogP contribution in [0.3, 0.4) is 0 Å². The van der Waals surface area contributed by atoms with Crippen molar-refractivity contribution in [1.82, 2.24) is 0 Å². The van der Waals surface area contributed by atoms with E-state index in [4.69, 9.17) is 22.4 Å². The number of aromatic carboxylic acids is 1. The summed E-state index contributed by atoms with van der Waals surface area (Å²) in [6.07, 6.45) is 0. The summed E-state index contributed by atoms with van der Waals surface area (Å²) in [6, 6.07) is 10.1. The SMILES string of the molecule is Nc1cc(Nc2cccc(Cl)c2Br)ccc1C(=O)O. The van der Waals surface area contributed by atoms with Crippen LogP contribution in [-0.2, 0) is 0 Å². The van der Waals surface area contributed by atoms with E-state index in [-0.39, 0.29) is 11.3 Å². The molecule has 4 N–H and O–H groups in total. The molecule has 2 rings (SSSR count). The zero-order valence-corrected chi connectivity index (χ0v) is 12.0. The van der Waals surface area contributed by atoms with Gasteiger partial charge in [0.2, 0.25) is 0 Å². The third-order valence-corrected chi connectivity index (χ3v) is 3.91. The van der Waals surface area contributed by atoms with E-state index >= 15 is 0 Å². The van der Waals surface area contributed by atoms with Crippen LogP contribution in [0.1, 0.15) is 10.4 Å². The minimum Gasteiger partial charge on any atom is -0.478 e. The first kappa shape index (κ1) is 13.7. The summed E-state index contributed by atoms with van der Waals surface area (Å²) in [4.78, 5) is 10.9. The predicted octanol–water partition coefficient (Wildman–Crippen LogP) is 4.13. The van der Waals surface area contributed by atoms with Gasteiger partial charge in [0.15, 0.2) is 0 Å². The number of anilines is 3. The quantitative estimate of drug-likeness (QED) is 0.734. The van der Waals surface area contributed by atoms with Crippen molar-refractivity contribution >= 4 is 50.6 Å². The van der Waals surface area contributed by atoms with Crippen LogP contribution in [0.25, 0.3) is 0 Å². The number of nitrogens with one attached hydrogen (secondary N) is 1. The normalized spacial score (nSPS) is 10.2. The summed E-state index contributed by atoms with van der Waals surface area (Å²) < 4.78 is 0.734. The molecule has 0 bridgehead atoms. The first-order valence-electron chi connectivity index (χ1n) is 5.33. The van der Waals surface area contributed by atoms with Gasteiger partial charge < -0.3 is 16.2 Å². The number of nitrogen functional groups attached to an aromatic ring is 1. The van der Waals surface area contributed by atoms with Gasteiger partial charge in [-0.15, -0.1) is 0 Å². The first-order valence-corrected chi connectivity index (χ1v) is 6.50. The number of carboxylic acid groups (broad SMARTS) is 1. The molecule has 0 amide bonds. The highest BCUT2D eigenvalue weighted by molar-refractivity contribution is 9.10. The Kier molecular flexibility index (Phi) is 3.97. The second-order valence-electron chi connectivity index (χ2n) is 3.83. The Morgan fingerprint density at radius 2 is 2.05 bits per heavy atom. The van der Waals surface area contributed by atoms with Gasteiger partial charge in [-0.1, -0.05) is 17.7 Å². The van der Waals surface area contributed by atoms with Crippen molar-refractivity contribution in [3.8, 4) is 0 Å². The smallest absolute Gasteiger partial charge is 0.337 e. The van der Waals surface area contributed by atoms with Crippen molar-refractivity contribution in [2.24, 2.45) is 0 Å². The third-order valence-electron chi connectivity index (χ3n) is 2.51. The Bertz CT molecular complexity index is 647. The van der Waals surface area contributed by atoms with Gasteiger partial charge in [0.1, 0.15) is 0 Å². The fraction of sp³-hybridized carbons (Fsp3) is 0. The van der Waals surface area contributed by atoms with Gasteiger partial charge in [-0.3, -0.25) is 0 Å². The van der Waals surface area contributed by atoms with Crippen LogP contribution in [0.15, 0.2) is 40.9 Å². The van der Waals surface area contributed by atoms with Gasteiger partial charge in [0, 0.05) is 11.4 Å². The van der Waals surface area contributed by atoms with Gasteiger partial charge in [-0.2, -0.15) is 0 Å². The first-order chi connectivity index (χ1) is 8.99. The van der Waals surface area contributed by atoms with E-state index in [0.29, 0.717) is 10.7 Å². The molecule has 4 nitrogen and oxygen atoms in total. The lowest BCUT2D eigenvalue weighted by molar-refractivity contribution is 0.0698. The van der Waals surface area contributed by atoms with Crippen molar-refractivity contribution < 1.29 is 9.90 Å². The number of halogens is 2. The molecular weight excluding hydrogens is 332 g/mol. The lowest BCUT2D eigenvalue weighted by atomic mass is 10.1. The number of carbonyl (C=O) groups is 1. The number of hydrogen-bond acceptors (Lipinski definition) is 3. The molecule has 2 aromatic rings. The number of rotatable bonds is 3. The molecule has 0 aromatic heterocycles. The molecular formula is C13H10BrClN2O2. The molecule has 98 valence electrons. The lowest BCUT2D eigenvalue weighted by Crippen LogP contribution is -2.03. The van der Waals surface area contributed by atoms with Crippen LogP contribution in [-0.4, -0.2) is 11.1 Å². The average molecular weight is 342 g/mol. The summed E-state index contributed by atoms with van der Waals surface area (Å²) >= 11 is 9.36. The van der Waals surface area contributed by atoms with Crippen molar-refractivity contribution in [3.05, 3.63) is 51.5 Å². The Labute approximate surface area is 123 Å². The number of nitrogens with two attached hydrogens (primary N) is 1. The Morgan fingerprint density at radius 3 is 2.68 bits per heavy atom. The molecule has 0 saturated heterocycles. The van der Waals surface area contributed by atoms with Crippen molar-refractivity contribution in [2.45, 2.75) is 0 Å². The Hall–Kier alpha value is -1.72. The van der Waals surface area contributed by atoms with Gasteiger partial charge in [-0.25, -0.2) is 4.79 Å². The highest BCUT2D eigenvalue weighted by Crippen LogP contribution is 2.32. The summed E-state index contributed by atoms with van der Waals surface area (Å²) in [5.74, 6) is -1.05. The van der Waals surface area contributed by atoms with Crippen molar-refractivity contribution in [2.75, 3.05) is 11.1 Å². The van der Waals surface area contributed by atoms with Gasteiger partial charge in [-0.05, 0) is 46.3 Å². The number of hydrogen-bond donors (Lipinski definition) is 3. The zero-order valence-electron chi connectivity index (χ0n) is 9.65. The Balaban J connectivity index is 2.32. The van der Waals surface area contributed by atoms with E-state index < -0.39 is 5.97 Å². The fourth-order valence-electron chi connectivity index (χ4n) is 1.59. The van der Waals surface area contributed by atoms with Gasteiger partial charge in [0.25, 0.3) is 0 Å². The monoisotopic (exact) mass is 340 g/mol. The minimum absolute atomic E-state index is 0.0794. The molecule has 19 heavy (non-hydrogen) atoms. The van der Waals surface area contributed by atoms with E-state index in [1.165, 1.54) is 6.07 Å². The molecule has 0 atom stereocenters.